The van der Waals surface area contributed by atoms with Crippen LogP contribution in [0.5, 0.6) is 5.75 Å². The van der Waals surface area contributed by atoms with E-state index in [1.54, 1.807) is 7.11 Å². The van der Waals surface area contributed by atoms with Crippen LogP contribution in [-0.2, 0) is 6.54 Å². The van der Waals surface area contributed by atoms with Crippen molar-refractivity contribution in [3.05, 3.63) is 81.9 Å². The first-order valence-electron chi connectivity index (χ1n) is 11.9. The maximum absolute atomic E-state index is 13.4. The summed E-state index contributed by atoms with van der Waals surface area (Å²) in [4.78, 5) is 18.7. The van der Waals surface area contributed by atoms with E-state index in [-0.39, 0.29) is 11.6 Å². The van der Waals surface area contributed by atoms with Crippen molar-refractivity contribution in [1.82, 2.24) is 30.1 Å². The quantitative estimate of drug-likeness (QED) is 0.451. The molecule has 1 unspecified atom stereocenters. The van der Waals surface area contributed by atoms with Gasteiger partial charge in [0.1, 0.15) is 11.8 Å². The van der Waals surface area contributed by atoms with Gasteiger partial charge in [-0.15, -0.1) is 5.10 Å². The van der Waals surface area contributed by atoms with E-state index in [9.17, 15) is 4.79 Å². The third kappa shape index (κ3) is 4.46. The lowest BCUT2D eigenvalue weighted by atomic mass is 9.92. The summed E-state index contributed by atoms with van der Waals surface area (Å²) < 4.78 is 7.23. The average molecular weight is 459 g/mol. The van der Waals surface area contributed by atoms with Crippen molar-refractivity contribution in [3.8, 4) is 5.75 Å². The van der Waals surface area contributed by atoms with Gasteiger partial charge < -0.3 is 9.72 Å². The molecule has 0 bridgehead atoms. The molecule has 5 rings (SSSR count). The average Bonchev–Trinajstić information content (AvgIpc) is 3.32. The summed E-state index contributed by atoms with van der Waals surface area (Å²) in [6, 6.07) is 17.7. The molecule has 0 amide bonds. The van der Waals surface area contributed by atoms with Crippen LogP contribution in [0.2, 0.25) is 0 Å². The van der Waals surface area contributed by atoms with Crippen LogP contribution in [0.1, 0.15) is 55.1 Å². The standard InChI is InChI=1S/C26H30N6O2/c1-31(20-11-7-4-8-12-20)24(25-28-29-30-32(25)17-18-9-5-3-6-10-18)22-16-19-15-21(34-2)13-14-23(19)27-26(22)33/h3,5-6,9-10,13-16,20,24H,4,7-8,11-12,17H2,1-2H3,(H,27,33). The van der Waals surface area contributed by atoms with E-state index in [4.69, 9.17) is 4.74 Å². The van der Waals surface area contributed by atoms with Crippen molar-refractivity contribution in [1.29, 1.82) is 0 Å². The van der Waals surface area contributed by atoms with Crippen molar-refractivity contribution >= 4 is 10.9 Å². The van der Waals surface area contributed by atoms with E-state index in [1.165, 1.54) is 19.3 Å². The number of hydrogen-bond acceptors (Lipinski definition) is 6. The highest BCUT2D eigenvalue weighted by Gasteiger charge is 2.33. The second kappa shape index (κ2) is 9.77. The van der Waals surface area contributed by atoms with Crippen LogP contribution in [-0.4, -0.2) is 50.3 Å². The number of H-pyrrole nitrogens is 1. The molecule has 1 fully saturated rings. The van der Waals surface area contributed by atoms with Gasteiger partial charge in [0.05, 0.1) is 13.7 Å². The minimum Gasteiger partial charge on any atom is -0.497 e. The molecule has 1 saturated carbocycles. The number of nitrogens with zero attached hydrogens (tertiary/aromatic N) is 5. The predicted molar refractivity (Wildman–Crippen MR) is 131 cm³/mol. The number of aromatic nitrogens is 5. The van der Waals surface area contributed by atoms with Gasteiger partial charge in [-0.1, -0.05) is 49.6 Å². The van der Waals surface area contributed by atoms with Gasteiger partial charge in [0.15, 0.2) is 5.82 Å². The summed E-state index contributed by atoms with van der Waals surface area (Å²) in [5.74, 6) is 1.42. The van der Waals surface area contributed by atoms with Gasteiger partial charge in [0, 0.05) is 22.5 Å². The number of pyridine rings is 1. The molecule has 0 aliphatic heterocycles. The van der Waals surface area contributed by atoms with Gasteiger partial charge in [-0.05, 0) is 60.1 Å². The number of fused-ring (bicyclic) bond motifs is 1. The zero-order valence-corrected chi connectivity index (χ0v) is 19.6. The highest BCUT2D eigenvalue weighted by molar-refractivity contribution is 5.80. The lowest BCUT2D eigenvalue weighted by Crippen LogP contribution is -2.40. The Morgan fingerprint density at radius 2 is 1.91 bits per heavy atom. The fourth-order valence-corrected chi connectivity index (χ4v) is 5.05. The van der Waals surface area contributed by atoms with E-state index in [2.05, 4.69) is 44.6 Å². The molecule has 2 aromatic heterocycles. The fourth-order valence-electron chi connectivity index (χ4n) is 5.05. The molecule has 8 nitrogen and oxygen atoms in total. The first kappa shape index (κ1) is 22.3. The summed E-state index contributed by atoms with van der Waals surface area (Å²) in [6.07, 6.45) is 5.86. The van der Waals surface area contributed by atoms with Crippen LogP contribution in [0.4, 0.5) is 0 Å². The number of nitrogens with one attached hydrogen (secondary N) is 1. The van der Waals surface area contributed by atoms with E-state index >= 15 is 0 Å². The Labute approximate surface area is 198 Å². The Morgan fingerprint density at radius 1 is 1.12 bits per heavy atom. The lowest BCUT2D eigenvalue weighted by Gasteiger charge is -2.36. The Hall–Kier alpha value is -3.52. The second-order valence-corrected chi connectivity index (χ2v) is 9.05. The van der Waals surface area contributed by atoms with E-state index in [0.717, 1.165) is 35.1 Å². The molecule has 0 saturated heterocycles. The first-order chi connectivity index (χ1) is 16.6. The Morgan fingerprint density at radius 3 is 2.68 bits per heavy atom. The molecule has 2 aromatic carbocycles. The van der Waals surface area contributed by atoms with Crippen LogP contribution in [0.25, 0.3) is 10.9 Å². The van der Waals surface area contributed by atoms with Gasteiger partial charge in [0.2, 0.25) is 0 Å². The maximum atomic E-state index is 13.4. The second-order valence-electron chi connectivity index (χ2n) is 9.05. The number of methoxy groups -OCH3 is 1. The van der Waals surface area contributed by atoms with Gasteiger partial charge >= 0.3 is 0 Å². The van der Waals surface area contributed by atoms with Gasteiger partial charge in [-0.2, -0.15) is 0 Å². The normalized spacial score (nSPS) is 15.6. The Balaban J connectivity index is 1.62. The molecule has 0 radical (unpaired) electrons. The number of aromatic amines is 1. The monoisotopic (exact) mass is 458 g/mol. The lowest BCUT2D eigenvalue weighted by molar-refractivity contribution is 0.149. The van der Waals surface area contributed by atoms with Gasteiger partial charge in [-0.25, -0.2) is 4.68 Å². The molecule has 2 heterocycles. The van der Waals surface area contributed by atoms with Crippen LogP contribution in [0, 0.1) is 0 Å². The summed E-state index contributed by atoms with van der Waals surface area (Å²) in [7, 11) is 3.74. The third-order valence-corrected chi connectivity index (χ3v) is 6.91. The summed E-state index contributed by atoms with van der Waals surface area (Å²) in [5.41, 5.74) is 2.39. The number of benzene rings is 2. The SMILES string of the molecule is COc1ccc2[nH]c(=O)c(C(c3nnnn3Cc3ccccc3)N(C)C3CCCCC3)cc2c1. The number of ether oxygens (including phenoxy) is 1. The smallest absolute Gasteiger partial charge is 0.253 e. The number of rotatable bonds is 7. The summed E-state index contributed by atoms with van der Waals surface area (Å²) >= 11 is 0. The van der Waals surface area contributed by atoms with Crippen molar-refractivity contribution in [2.24, 2.45) is 0 Å². The molecule has 1 aliphatic carbocycles. The Bertz CT molecular complexity index is 1310. The van der Waals surface area contributed by atoms with Crippen LogP contribution >= 0.6 is 0 Å². The number of tetrazole rings is 1. The van der Waals surface area contributed by atoms with Crippen LogP contribution in [0.3, 0.4) is 0 Å². The van der Waals surface area contributed by atoms with Crippen molar-refractivity contribution in [2.45, 2.75) is 50.7 Å². The molecule has 1 N–H and O–H groups in total. The predicted octanol–water partition coefficient (Wildman–Crippen LogP) is 3.93. The van der Waals surface area contributed by atoms with E-state index in [0.29, 0.717) is 24.0 Å². The molecule has 1 aliphatic rings. The fraction of sp³-hybridized carbons (Fsp3) is 0.385. The first-order valence-corrected chi connectivity index (χ1v) is 11.9. The zero-order chi connectivity index (χ0) is 23.5. The highest BCUT2D eigenvalue weighted by atomic mass is 16.5. The molecule has 176 valence electrons. The Kier molecular flexibility index (Phi) is 6.40. The van der Waals surface area contributed by atoms with Crippen molar-refractivity contribution in [3.63, 3.8) is 0 Å². The molecule has 1 atom stereocenters. The minimum atomic E-state index is -0.374. The molecule has 4 aromatic rings. The molecule has 34 heavy (non-hydrogen) atoms. The summed E-state index contributed by atoms with van der Waals surface area (Å²) in [6.45, 7) is 0.539. The number of hydrogen-bond donors (Lipinski definition) is 1. The topological polar surface area (TPSA) is 88.9 Å². The van der Waals surface area contributed by atoms with E-state index in [1.807, 2.05) is 47.1 Å². The van der Waals surface area contributed by atoms with Crippen LogP contribution < -0.4 is 10.3 Å². The highest BCUT2D eigenvalue weighted by Crippen LogP contribution is 2.32. The van der Waals surface area contributed by atoms with Gasteiger partial charge in [0.25, 0.3) is 5.56 Å². The maximum Gasteiger partial charge on any atom is 0.253 e. The van der Waals surface area contributed by atoms with Crippen molar-refractivity contribution in [2.75, 3.05) is 14.2 Å². The molecule has 8 heteroatoms. The third-order valence-electron chi connectivity index (χ3n) is 6.91. The molecule has 0 spiro atoms. The van der Waals surface area contributed by atoms with Crippen LogP contribution in [0.15, 0.2) is 59.4 Å². The molecular weight excluding hydrogens is 428 g/mol. The van der Waals surface area contributed by atoms with Gasteiger partial charge in [-0.3, -0.25) is 9.69 Å². The zero-order valence-electron chi connectivity index (χ0n) is 19.6. The minimum absolute atomic E-state index is 0.125. The summed E-state index contributed by atoms with van der Waals surface area (Å²) in [5, 5.41) is 13.7. The van der Waals surface area contributed by atoms with Crippen molar-refractivity contribution < 1.29 is 4.74 Å². The van der Waals surface area contributed by atoms with E-state index < -0.39 is 0 Å². The molecular formula is C26H30N6O2. The largest absolute Gasteiger partial charge is 0.497 e.